The average Bonchev–Trinajstić information content (AvgIpc) is 2.55. The van der Waals surface area contributed by atoms with Gasteiger partial charge in [-0.05, 0) is 24.3 Å². The Kier molecular flexibility index (Phi) is 2.75. The van der Waals surface area contributed by atoms with Crippen LogP contribution in [0, 0.1) is 0 Å². The zero-order chi connectivity index (χ0) is 14.3. The monoisotopic (exact) mass is 267 g/mol. The van der Waals surface area contributed by atoms with E-state index in [1.54, 1.807) is 49.6 Å². The van der Waals surface area contributed by atoms with Crippen LogP contribution in [0.5, 0.6) is 0 Å². The Hall–Kier alpha value is -2.69. The molecular weight excluding hydrogens is 254 g/mol. The summed E-state index contributed by atoms with van der Waals surface area (Å²) in [5.41, 5.74) is 1.67. The van der Waals surface area contributed by atoms with Crippen molar-refractivity contribution >= 4 is 29.0 Å². The van der Waals surface area contributed by atoms with Gasteiger partial charge in [0.15, 0.2) is 5.82 Å². The normalized spacial score (nSPS) is 13.6. The van der Waals surface area contributed by atoms with Crippen LogP contribution < -0.4 is 9.80 Å². The van der Waals surface area contributed by atoms with Crippen molar-refractivity contribution < 1.29 is 9.59 Å². The fourth-order valence-corrected chi connectivity index (χ4v) is 2.39. The van der Waals surface area contributed by atoms with Gasteiger partial charge in [-0.2, -0.15) is 0 Å². The maximum absolute atomic E-state index is 12.5. The number of carbonyl (C=O) groups is 2. The third-order valence-corrected chi connectivity index (χ3v) is 3.33. The van der Waals surface area contributed by atoms with E-state index in [0.29, 0.717) is 22.8 Å². The first-order chi connectivity index (χ1) is 9.61. The minimum atomic E-state index is -0.180. The standard InChI is InChI=1S/C15H13N3O2/c1-10(19)18-12-7-4-3-6-11(12)15(20)17(2)13-8-5-9-16-14(13)18/h3-9H,1-2H3. The highest BCUT2D eigenvalue weighted by Crippen LogP contribution is 2.38. The molecule has 5 nitrogen and oxygen atoms in total. The summed E-state index contributed by atoms with van der Waals surface area (Å²) >= 11 is 0. The lowest BCUT2D eigenvalue weighted by atomic mass is 10.1. The van der Waals surface area contributed by atoms with E-state index < -0.39 is 0 Å². The van der Waals surface area contributed by atoms with E-state index in [0.717, 1.165) is 0 Å². The van der Waals surface area contributed by atoms with Gasteiger partial charge in [-0.15, -0.1) is 0 Å². The minimum Gasteiger partial charge on any atom is -0.308 e. The summed E-state index contributed by atoms with van der Waals surface area (Å²) in [6.45, 7) is 1.46. The molecule has 100 valence electrons. The van der Waals surface area contributed by atoms with Gasteiger partial charge >= 0.3 is 0 Å². The van der Waals surface area contributed by atoms with E-state index in [-0.39, 0.29) is 11.8 Å². The summed E-state index contributed by atoms with van der Waals surface area (Å²) in [5.74, 6) is 0.139. The Bertz CT molecular complexity index is 712. The van der Waals surface area contributed by atoms with Crippen molar-refractivity contribution in [1.82, 2.24) is 4.98 Å². The molecule has 1 aliphatic heterocycles. The number of fused-ring (bicyclic) bond motifs is 2. The third kappa shape index (κ3) is 1.67. The Morgan fingerprint density at radius 2 is 1.80 bits per heavy atom. The molecule has 2 aromatic rings. The van der Waals surface area contributed by atoms with Gasteiger partial charge in [-0.3, -0.25) is 14.5 Å². The van der Waals surface area contributed by atoms with Crippen molar-refractivity contribution in [3.8, 4) is 0 Å². The van der Waals surface area contributed by atoms with Crippen LogP contribution in [-0.4, -0.2) is 23.8 Å². The number of para-hydroxylation sites is 1. The fourth-order valence-electron chi connectivity index (χ4n) is 2.39. The van der Waals surface area contributed by atoms with Crippen molar-refractivity contribution in [3.63, 3.8) is 0 Å². The van der Waals surface area contributed by atoms with E-state index in [2.05, 4.69) is 4.98 Å². The molecule has 0 saturated carbocycles. The van der Waals surface area contributed by atoms with Gasteiger partial charge in [0.05, 0.1) is 16.9 Å². The molecule has 2 amide bonds. The molecule has 0 radical (unpaired) electrons. The molecule has 0 bridgehead atoms. The Labute approximate surface area is 116 Å². The van der Waals surface area contributed by atoms with Gasteiger partial charge in [-0.1, -0.05) is 12.1 Å². The molecule has 2 heterocycles. The summed E-state index contributed by atoms with van der Waals surface area (Å²) < 4.78 is 0. The number of benzene rings is 1. The molecule has 0 unspecified atom stereocenters. The number of rotatable bonds is 0. The predicted molar refractivity (Wildman–Crippen MR) is 76.2 cm³/mol. The number of amides is 2. The van der Waals surface area contributed by atoms with Crippen LogP contribution in [0.2, 0.25) is 0 Å². The van der Waals surface area contributed by atoms with Crippen molar-refractivity contribution in [2.75, 3.05) is 16.8 Å². The van der Waals surface area contributed by atoms with E-state index in [1.165, 1.54) is 16.7 Å². The van der Waals surface area contributed by atoms with Crippen LogP contribution >= 0.6 is 0 Å². The molecule has 1 aromatic heterocycles. The number of aromatic nitrogens is 1. The van der Waals surface area contributed by atoms with Crippen LogP contribution in [0.1, 0.15) is 17.3 Å². The Morgan fingerprint density at radius 3 is 2.55 bits per heavy atom. The average molecular weight is 267 g/mol. The maximum atomic E-state index is 12.5. The number of hydrogen-bond acceptors (Lipinski definition) is 3. The lowest BCUT2D eigenvalue weighted by Gasteiger charge is -2.21. The smallest absolute Gasteiger partial charge is 0.260 e. The fraction of sp³-hybridized carbons (Fsp3) is 0.133. The van der Waals surface area contributed by atoms with Gasteiger partial charge in [-0.25, -0.2) is 4.98 Å². The predicted octanol–water partition coefficient (Wildman–Crippen LogP) is 2.36. The molecular formula is C15H13N3O2. The van der Waals surface area contributed by atoms with E-state index >= 15 is 0 Å². The molecule has 5 heteroatoms. The molecule has 1 aliphatic rings. The summed E-state index contributed by atoms with van der Waals surface area (Å²) in [6, 6.07) is 10.6. The summed E-state index contributed by atoms with van der Waals surface area (Å²) in [7, 11) is 1.68. The summed E-state index contributed by atoms with van der Waals surface area (Å²) in [5, 5.41) is 0. The summed E-state index contributed by atoms with van der Waals surface area (Å²) in [6.07, 6.45) is 1.61. The van der Waals surface area contributed by atoms with Crippen LogP contribution in [0.15, 0.2) is 42.6 Å². The van der Waals surface area contributed by atoms with Crippen LogP contribution in [0.3, 0.4) is 0 Å². The second kappa shape index (κ2) is 4.45. The number of carbonyl (C=O) groups excluding carboxylic acids is 2. The molecule has 20 heavy (non-hydrogen) atoms. The highest BCUT2D eigenvalue weighted by Gasteiger charge is 2.31. The first kappa shape index (κ1) is 12.3. The first-order valence-electron chi connectivity index (χ1n) is 6.24. The highest BCUT2D eigenvalue weighted by atomic mass is 16.2. The van der Waals surface area contributed by atoms with E-state index in [1.807, 2.05) is 0 Å². The van der Waals surface area contributed by atoms with Crippen LogP contribution in [0.25, 0.3) is 0 Å². The second-order valence-electron chi connectivity index (χ2n) is 4.58. The minimum absolute atomic E-state index is 0.154. The number of anilines is 3. The highest BCUT2D eigenvalue weighted by molar-refractivity contribution is 6.17. The largest absolute Gasteiger partial charge is 0.308 e. The van der Waals surface area contributed by atoms with Gasteiger partial charge in [0, 0.05) is 20.2 Å². The Morgan fingerprint density at radius 1 is 1.10 bits per heavy atom. The van der Waals surface area contributed by atoms with Gasteiger partial charge in [0.2, 0.25) is 5.91 Å². The molecule has 0 spiro atoms. The number of hydrogen-bond donors (Lipinski definition) is 0. The third-order valence-electron chi connectivity index (χ3n) is 3.33. The molecule has 0 fully saturated rings. The first-order valence-corrected chi connectivity index (χ1v) is 6.24. The molecule has 1 aromatic carbocycles. The zero-order valence-corrected chi connectivity index (χ0v) is 11.2. The van der Waals surface area contributed by atoms with Crippen LogP contribution in [0.4, 0.5) is 17.2 Å². The summed E-state index contributed by atoms with van der Waals surface area (Å²) in [4.78, 5) is 31.8. The SMILES string of the molecule is CC(=O)N1c2ccccc2C(=O)N(C)c2cccnc21. The maximum Gasteiger partial charge on any atom is 0.260 e. The van der Waals surface area contributed by atoms with E-state index in [4.69, 9.17) is 0 Å². The molecule has 0 atom stereocenters. The molecule has 3 rings (SSSR count). The van der Waals surface area contributed by atoms with Crippen LogP contribution in [-0.2, 0) is 4.79 Å². The second-order valence-corrected chi connectivity index (χ2v) is 4.58. The van der Waals surface area contributed by atoms with Crippen molar-refractivity contribution in [2.45, 2.75) is 6.92 Å². The number of nitrogens with zero attached hydrogens (tertiary/aromatic N) is 3. The quantitative estimate of drug-likeness (QED) is 0.736. The molecule has 0 aliphatic carbocycles. The van der Waals surface area contributed by atoms with Gasteiger partial charge < -0.3 is 4.90 Å². The molecule has 0 N–H and O–H groups in total. The number of pyridine rings is 1. The molecule has 0 saturated heterocycles. The van der Waals surface area contributed by atoms with Crippen molar-refractivity contribution in [2.24, 2.45) is 0 Å². The Balaban J connectivity index is 2.36. The van der Waals surface area contributed by atoms with Crippen molar-refractivity contribution in [3.05, 3.63) is 48.2 Å². The lowest BCUT2D eigenvalue weighted by Crippen LogP contribution is -2.25. The van der Waals surface area contributed by atoms with Gasteiger partial charge in [0.1, 0.15) is 0 Å². The lowest BCUT2D eigenvalue weighted by molar-refractivity contribution is -0.115. The zero-order valence-electron chi connectivity index (χ0n) is 11.2. The van der Waals surface area contributed by atoms with E-state index in [9.17, 15) is 9.59 Å². The van der Waals surface area contributed by atoms with Crippen molar-refractivity contribution in [1.29, 1.82) is 0 Å². The topological polar surface area (TPSA) is 53.5 Å². The van der Waals surface area contributed by atoms with Gasteiger partial charge in [0.25, 0.3) is 5.91 Å².